The predicted molar refractivity (Wildman–Crippen MR) is 94.5 cm³/mol. The smallest absolute Gasteiger partial charge is 0.267 e. The van der Waals surface area contributed by atoms with E-state index in [2.05, 4.69) is 11.8 Å². The Bertz CT molecular complexity index is 910. The van der Waals surface area contributed by atoms with Crippen molar-refractivity contribution in [3.63, 3.8) is 0 Å². The summed E-state index contributed by atoms with van der Waals surface area (Å²) < 4.78 is 0. The van der Waals surface area contributed by atoms with Gasteiger partial charge in [0.2, 0.25) is 11.5 Å². The Morgan fingerprint density at radius 2 is 1.88 bits per heavy atom. The van der Waals surface area contributed by atoms with Crippen molar-refractivity contribution in [1.82, 2.24) is 4.90 Å². The van der Waals surface area contributed by atoms with Gasteiger partial charge in [-0.3, -0.25) is 9.59 Å². The van der Waals surface area contributed by atoms with Crippen molar-refractivity contribution in [2.45, 2.75) is 12.0 Å². The zero-order valence-electron chi connectivity index (χ0n) is 13.8. The van der Waals surface area contributed by atoms with E-state index in [1.54, 1.807) is 31.3 Å². The lowest BCUT2D eigenvalue weighted by atomic mass is 9.99. The van der Waals surface area contributed by atoms with Gasteiger partial charge < -0.3 is 15.7 Å². The monoisotopic (exact) mass is 334 g/mol. The summed E-state index contributed by atoms with van der Waals surface area (Å²) in [5, 5.41) is 10.4. The molecule has 25 heavy (non-hydrogen) atoms. The SMILES string of the molecule is CN1CC[C@@](O)(C#Cc2cccc(-c3cccc(C(N)=O)c3)c2)C1=O. The van der Waals surface area contributed by atoms with Gasteiger partial charge in [0.15, 0.2) is 0 Å². The molecule has 3 rings (SSSR count). The Balaban J connectivity index is 1.91. The van der Waals surface area contributed by atoms with Crippen molar-refractivity contribution < 1.29 is 14.7 Å². The molecule has 126 valence electrons. The molecule has 5 nitrogen and oxygen atoms in total. The third-order valence-corrected chi connectivity index (χ3v) is 4.27. The molecule has 0 aliphatic carbocycles. The third kappa shape index (κ3) is 3.39. The van der Waals surface area contributed by atoms with Crippen molar-refractivity contribution >= 4 is 11.8 Å². The van der Waals surface area contributed by atoms with Gasteiger partial charge in [-0.2, -0.15) is 0 Å². The number of aliphatic hydroxyl groups is 1. The molecule has 2 amide bonds. The van der Waals surface area contributed by atoms with Crippen LogP contribution in [0.15, 0.2) is 48.5 Å². The normalized spacial score (nSPS) is 19.4. The quantitative estimate of drug-likeness (QED) is 0.814. The van der Waals surface area contributed by atoms with Crippen LogP contribution in [0.2, 0.25) is 0 Å². The van der Waals surface area contributed by atoms with Gasteiger partial charge in [0, 0.05) is 31.1 Å². The fourth-order valence-corrected chi connectivity index (χ4v) is 2.77. The van der Waals surface area contributed by atoms with Gasteiger partial charge in [-0.1, -0.05) is 36.1 Å². The number of hydrogen-bond donors (Lipinski definition) is 2. The minimum atomic E-state index is -1.61. The molecular weight excluding hydrogens is 316 g/mol. The van der Waals surface area contributed by atoms with Crippen LogP contribution in [0.1, 0.15) is 22.3 Å². The van der Waals surface area contributed by atoms with Gasteiger partial charge >= 0.3 is 0 Å². The number of benzene rings is 2. The zero-order chi connectivity index (χ0) is 18.0. The first-order valence-corrected chi connectivity index (χ1v) is 7.90. The molecule has 5 heteroatoms. The first-order valence-electron chi connectivity index (χ1n) is 7.90. The van der Waals surface area contributed by atoms with E-state index in [1.807, 2.05) is 24.3 Å². The molecule has 0 spiro atoms. The summed E-state index contributed by atoms with van der Waals surface area (Å²) in [6.45, 7) is 0.490. The molecular formula is C20H18N2O3. The molecule has 3 N–H and O–H groups in total. The summed E-state index contributed by atoms with van der Waals surface area (Å²) in [6.07, 6.45) is 0.301. The molecule has 2 aromatic rings. The van der Waals surface area contributed by atoms with E-state index in [9.17, 15) is 14.7 Å². The Morgan fingerprint density at radius 3 is 2.52 bits per heavy atom. The molecule has 1 aliphatic heterocycles. The third-order valence-electron chi connectivity index (χ3n) is 4.27. The van der Waals surface area contributed by atoms with Crippen LogP contribution in [-0.2, 0) is 4.79 Å². The maximum absolute atomic E-state index is 12.0. The van der Waals surface area contributed by atoms with Crippen molar-refractivity contribution in [2.24, 2.45) is 5.73 Å². The van der Waals surface area contributed by atoms with Gasteiger partial charge in [0.25, 0.3) is 5.91 Å². The number of carbonyl (C=O) groups excluding carboxylic acids is 2. The van der Waals surface area contributed by atoms with Gasteiger partial charge in [0.05, 0.1) is 0 Å². The number of likely N-dealkylation sites (tertiary alicyclic amines) is 1. The first-order chi connectivity index (χ1) is 11.9. The lowest BCUT2D eigenvalue weighted by Gasteiger charge is -2.13. The molecule has 1 heterocycles. The maximum atomic E-state index is 12.0. The molecule has 2 aromatic carbocycles. The van der Waals surface area contributed by atoms with E-state index in [-0.39, 0.29) is 5.91 Å². The summed E-state index contributed by atoms with van der Waals surface area (Å²) >= 11 is 0. The Kier molecular flexibility index (Phi) is 4.30. The average molecular weight is 334 g/mol. The van der Waals surface area contributed by atoms with Gasteiger partial charge in [-0.25, -0.2) is 0 Å². The highest BCUT2D eigenvalue weighted by Gasteiger charge is 2.42. The lowest BCUT2D eigenvalue weighted by molar-refractivity contribution is -0.137. The number of primary amides is 1. The van der Waals surface area contributed by atoms with E-state index in [0.717, 1.165) is 11.1 Å². The van der Waals surface area contributed by atoms with Crippen LogP contribution < -0.4 is 5.73 Å². The van der Waals surface area contributed by atoms with Crippen LogP contribution in [0, 0.1) is 11.8 Å². The second-order valence-corrected chi connectivity index (χ2v) is 6.11. The highest BCUT2D eigenvalue weighted by molar-refractivity contribution is 5.94. The van der Waals surface area contributed by atoms with E-state index in [1.165, 1.54) is 4.90 Å². The first kappa shape index (κ1) is 16.7. The molecule has 0 aromatic heterocycles. The van der Waals surface area contributed by atoms with Crippen LogP contribution >= 0.6 is 0 Å². The average Bonchev–Trinajstić information content (AvgIpc) is 2.88. The van der Waals surface area contributed by atoms with Crippen LogP contribution in [-0.4, -0.2) is 41.0 Å². The second kappa shape index (κ2) is 6.42. The molecule has 0 radical (unpaired) electrons. The largest absolute Gasteiger partial charge is 0.369 e. The van der Waals surface area contributed by atoms with Gasteiger partial charge in [-0.05, 0) is 35.4 Å². The summed E-state index contributed by atoms with van der Waals surface area (Å²) in [5.41, 5.74) is 6.53. The molecule has 1 aliphatic rings. The van der Waals surface area contributed by atoms with Crippen LogP contribution in [0.4, 0.5) is 0 Å². The number of nitrogens with two attached hydrogens (primary N) is 1. The highest BCUT2D eigenvalue weighted by atomic mass is 16.3. The number of amides is 2. The lowest BCUT2D eigenvalue weighted by Crippen LogP contribution is -2.37. The predicted octanol–water partition coefficient (Wildman–Crippen LogP) is 1.40. The summed E-state index contributed by atoms with van der Waals surface area (Å²) in [4.78, 5) is 24.8. The van der Waals surface area contributed by atoms with Crippen LogP contribution in [0.5, 0.6) is 0 Å². The van der Waals surface area contributed by atoms with Gasteiger partial charge in [-0.15, -0.1) is 0 Å². The minimum Gasteiger partial charge on any atom is -0.369 e. The van der Waals surface area contributed by atoms with Crippen molar-refractivity contribution in [1.29, 1.82) is 0 Å². The minimum absolute atomic E-state index is 0.301. The standard InChI is InChI=1S/C20H18N2O3/c1-22-11-10-20(25,19(22)24)9-8-14-4-2-5-15(12-14)16-6-3-7-17(13-16)18(21)23/h2-7,12-13,25H,10-11H2,1H3,(H2,21,23)/t20-/m0/s1. The Morgan fingerprint density at radius 1 is 1.20 bits per heavy atom. The molecule has 1 saturated heterocycles. The Labute approximate surface area is 146 Å². The summed E-state index contributed by atoms with van der Waals surface area (Å²) in [5.74, 6) is 4.74. The number of likely N-dealkylation sites (N-methyl/N-ethyl adjacent to an activating group) is 1. The van der Waals surface area contributed by atoms with Gasteiger partial charge in [0.1, 0.15) is 0 Å². The zero-order valence-corrected chi connectivity index (χ0v) is 13.8. The summed E-state index contributed by atoms with van der Waals surface area (Å²) in [6, 6.07) is 14.4. The number of carbonyl (C=O) groups is 2. The fraction of sp³-hybridized carbons (Fsp3) is 0.200. The molecule has 0 saturated carbocycles. The number of hydrogen-bond acceptors (Lipinski definition) is 3. The van der Waals surface area contributed by atoms with Crippen molar-refractivity contribution in [3.8, 4) is 23.0 Å². The van der Waals surface area contributed by atoms with Crippen molar-refractivity contribution in [2.75, 3.05) is 13.6 Å². The number of rotatable bonds is 2. The van der Waals surface area contributed by atoms with Crippen LogP contribution in [0.25, 0.3) is 11.1 Å². The fourth-order valence-electron chi connectivity index (χ4n) is 2.77. The molecule has 0 bridgehead atoms. The number of nitrogens with zero attached hydrogens (tertiary/aromatic N) is 1. The van der Waals surface area contributed by atoms with Crippen LogP contribution in [0.3, 0.4) is 0 Å². The van der Waals surface area contributed by atoms with E-state index in [0.29, 0.717) is 24.1 Å². The summed E-state index contributed by atoms with van der Waals surface area (Å²) in [7, 11) is 1.65. The molecule has 0 unspecified atom stereocenters. The van der Waals surface area contributed by atoms with E-state index < -0.39 is 11.5 Å². The topological polar surface area (TPSA) is 83.6 Å². The Hall–Kier alpha value is -3.10. The maximum Gasteiger partial charge on any atom is 0.267 e. The molecule has 1 fully saturated rings. The van der Waals surface area contributed by atoms with E-state index >= 15 is 0 Å². The van der Waals surface area contributed by atoms with Crippen molar-refractivity contribution in [3.05, 3.63) is 59.7 Å². The second-order valence-electron chi connectivity index (χ2n) is 6.11. The highest BCUT2D eigenvalue weighted by Crippen LogP contribution is 2.23. The van der Waals surface area contributed by atoms with E-state index in [4.69, 9.17) is 5.73 Å². The molecule has 1 atom stereocenters.